The summed E-state index contributed by atoms with van der Waals surface area (Å²) in [6.45, 7) is -1.67. The van der Waals surface area contributed by atoms with Crippen molar-refractivity contribution in [3.63, 3.8) is 0 Å². The van der Waals surface area contributed by atoms with Crippen LogP contribution in [0.25, 0.3) is 0 Å². The van der Waals surface area contributed by atoms with Crippen LogP contribution in [0, 0.1) is 0 Å². The molecule has 2 aliphatic heterocycles. The van der Waals surface area contributed by atoms with Crippen molar-refractivity contribution in [1.82, 2.24) is 0 Å². The quantitative estimate of drug-likeness (QED) is 0.104. The first kappa shape index (κ1) is 23.4. The normalized spacial score (nSPS) is 46.6. The summed E-state index contributed by atoms with van der Waals surface area (Å²) in [4.78, 5) is 0. The van der Waals surface area contributed by atoms with E-state index in [9.17, 15) is 35.7 Å². The Morgan fingerprint density at radius 2 is 1.58 bits per heavy atom. The average Bonchev–Trinajstić information content (AvgIpc) is 2.87. The molecular formula is C12H22O12Sn2. The number of aliphatic hydroxyl groups is 7. The molecule has 4 radical (unpaired) electrons. The molecule has 150 valence electrons. The molecule has 0 aromatic heterocycles. The van der Waals surface area contributed by atoms with Crippen molar-refractivity contribution < 1.29 is 54.4 Å². The molecule has 9 atom stereocenters. The van der Waals surface area contributed by atoms with Crippen LogP contribution in [0.15, 0.2) is 0 Å². The van der Waals surface area contributed by atoms with Crippen molar-refractivity contribution in [1.29, 1.82) is 0 Å². The molecule has 2 heterocycles. The Labute approximate surface area is 173 Å². The van der Waals surface area contributed by atoms with Crippen molar-refractivity contribution in [2.75, 3.05) is 19.8 Å². The van der Waals surface area contributed by atoms with Crippen LogP contribution in [0.1, 0.15) is 0 Å². The van der Waals surface area contributed by atoms with Gasteiger partial charge in [0.1, 0.15) is 0 Å². The first-order valence-electron chi connectivity index (χ1n) is 7.67. The van der Waals surface area contributed by atoms with Crippen molar-refractivity contribution in [3.05, 3.63) is 0 Å². The Bertz CT molecular complexity index is 444. The van der Waals surface area contributed by atoms with Crippen LogP contribution in [-0.2, 0) is 18.7 Å². The third kappa shape index (κ3) is 4.81. The van der Waals surface area contributed by atoms with Crippen molar-refractivity contribution >= 4 is 44.9 Å². The van der Waals surface area contributed by atoms with E-state index in [0.29, 0.717) is 22.9 Å². The van der Waals surface area contributed by atoms with Gasteiger partial charge in [0.15, 0.2) is 0 Å². The van der Waals surface area contributed by atoms with Gasteiger partial charge in [-0.1, -0.05) is 0 Å². The van der Waals surface area contributed by atoms with Gasteiger partial charge in [-0.15, -0.1) is 0 Å². The summed E-state index contributed by atoms with van der Waals surface area (Å²) in [6, 6.07) is 0. The molecule has 14 heteroatoms. The van der Waals surface area contributed by atoms with Gasteiger partial charge < -0.3 is 0 Å². The molecule has 2 saturated heterocycles. The maximum absolute atomic E-state index is 10.4. The van der Waals surface area contributed by atoms with Gasteiger partial charge >= 0.3 is 174 Å². The van der Waals surface area contributed by atoms with Crippen molar-refractivity contribution in [2.45, 2.75) is 54.8 Å². The molecule has 12 nitrogen and oxygen atoms in total. The molecule has 0 aromatic carbocycles. The Balaban J connectivity index is 2.20. The van der Waals surface area contributed by atoms with E-state index in [-0.39, 0.29) is 6.61 Å². The molecule has 0 aromatic rings. The maximum atomic E-state index is 10.4. The second-order valence-electron chi connectivity index (χ2n) is 5.89. The predicted molar refractivity (Wildman–Crippen MR) is 81.5 cm³/mol. The minimum absolute atomic E-state index is 0.385. The molecular weight excluding hydrogens is 574 g/mol. The second-order valence-corrected chi connectivity index (χ2v) is 12.4. The van der Waals surface area contributed by atoms with Crippen LogP contribution in [0.5, 0.6) is 0 Å². The fourth-order valence-corrected chi connectivity index (χ4v) is 5.02. The number of hydrogen-bond donors (Lipinski definition) is 7. The SMILES string of the molecule is OC[C@H]1O[C@@](C[O][Sn][O][SnH])(O[C@H]2O[C@H](CO)[C@@H](O)[C@H](O)[C@H]2O)[C@@H](O)[C@@H]1O. The summed E-state index contributed by atoms with van der Waals surface area (Å²) in [5.41, 5.74) is 0. The third-order valence-corrected chi connectivity index (χ3v) is 7.10. The van der Waals surface area contributed by atoms with Gasteiger partial charge in [-0.25, -0.2) is 0 Å². The van der Waals surface area contributed by atoms with Gasteiger partial charge in [0.2, 0.25) is 0 Å². The van der Waals surface area contributed by atoms with E-state index in [2.05, 4.69) is 0 Å². The summed E-state index contributed by atoms with van der Waals surface area (Å²) in [5, 5.41) is 68.7. The van der Waals surface area contributed by atoms with Gasteiger partial charge in [0.25, 0.3) is 0 Å². The summed E-state index contributed by atoms with van der Waals surface area (Å²) >= 11 is -1.14. The standard InChI is InChI=1S/C12H21O11.O.2Sn.H/c13-1-4-6(16)8(18)9(19)11(21-4)23-12(3-15)10(20)7(17)5(2-14)22-12;;;;/h4-11,13-14,16-20H,1-3H2;;;;/q-1;;;+1;/t4-,5-,6-,7-,8+,9-,10+,11-,12+;;;;/m1..../s1. The molecule has 2 fully saturated rings. The zero-order valence-electron chi connectivity index (χ0n) is 13.5. The fourth-order valence-electron chi connectivity index (χ4n) is 2.78. The van der Waals surface area contributed by atoms with Crippen LogP contribution in [0.3, 0.4) is 0 Å². The van der Waals surface area contributed by atoms with Crippen molar-refractivity contribution in [2.24, 2.45) is 0 Å². The Hall–Kier alpha value is 1.12. The molecule has 0 saturated carbocycles. The van der Waals surface area contributed by atoms with Gasteiger partial charge in [-0.2, -0.15) is 0 Å². The fraction of sp³-hybridized carbons (Fsp3) is 1.00. The van der Waals surface area contributed by atoms with Gasteiger partial charge in [-0.3, -0.25) is 0 Å². The average molecular weight is 596 g/mol. The summed E-state index contributed by atoms with van der Waals surface area (Å²) < 4.78 is 26.6. The van der Waals surface area contributed by atoms with E-state index in [1.54, 1.807) is 0 Å². The van der Waals surface area contributed by atoms with Crippen LogP contribution >= 0.6 is 0 Å². The first-order valence-corrected chi connectivity index (χ1v) is 11.3. The molecule has 0 spiro atoms. The van der Waals surface area contributed by atoms with E-state index < -0.39 is 90.0 Å². The number of aliphatic hydroxyl groups excluding tert-OH is 7. The Morgan fingerprint density at radius 1 is 0.923 bits per heavy atom. The molecule has 2 rings (SSSR count). The van der Waals surface area contributed by atoms with E-state index in [1.807, 2.05) is 0 Å². The van der Waals surface area contributed by atoms with Gasteiger partial charge in [-0.05, 0) is 0 Å². The molecule has 7 N–H and O–H groups in total. The van der Waals surface area contributed by atoms with Gasteiger partial charge in [0.05, 0.1) is 0 Å². The zero-order chi connectivity index (χ0) is 19.5. The molecule has 26 heavy (non-hydrogen) atoms. The van der Waals surface area contributed by atoms with E-state index in [0.717, 1.165) is 0 Å². The third-order valence-electron chi connectivity index (χ3n) is 4.23. The van der Waals surface area contributed by atoms with Crippen molar-refractivity contribution in [3.8, 4) is 0 Å². The Kier molecular flexibility index (Phi) is 9.21. The van der Waals surface area contributed by atoms with E-state index >= 15 is 0 Å². The van der Waals surface area contributed by atoms with E-state index in [1.165, 1.54) is 0 Å². The zero-order valence-corrected chi connectivity index (χ0v) is 19.6. The molecule has 0 amide bonds. The molecule has 0 bridgehead atoms. The van der Waals surface area contributed by atoms with Gasteiger partial charge in [0, 0.05) is 0 Å². The summed E-state index contributed by atoms with van der Waals surface area (Å²) in [6.07, 6.45) is -12.2. The minimum atomic E-state index is -2.01. The molecule has 0 unspecified atom stereocenters. The molecule has 2 aliphatic rings. The Morgan fingerprint density at radius 3 is 2.12 bits per heavy atom. The summed E-state index contributed by atoms with van der Waals surface area (Å²) in [7, 11) is 0. The second kappa shape index (κ2) is 10.2. The van der Waals surface area contributed by atoms with Crippen LogP contribution in [0.2, 0.25) is 0 Å². The van der Waals surface area contributed by atoms with Crippen LogP contribution in [0.4, 0.5) is 0 Å². The number of hydrogen-bond acceptors (Lipinski definition) is 12. The summed E-state index contributed by atoms with van der Waals surface area (Å²) in [5.74, 6) is -2.01. The van der Waals surface area contributed by atoms with E-state index in [4.69, 9.17) is 18.7 Å². The van der Waals surface area contributed by atoms with Crippen LogP contribution < -0.4 is 0 Å². The monoisotopic (exact) mass is 598 g/mol. The predicted octanol–water partition coefficient (Wildman–Crippen LogP) is -6.00. The topological polar surface area (TPSA) is 188 Å². The first-order chi connectivity index (χ1) is 12.3. The number of rotatable bonds is 8. The molecule has 0 aliphatic carbocycles. The van der Waals surface area contributed by atoms with Crippen LogP contribution in [-0.4, -0.2) is 155 Å². The number of ether oxygens (including phenoxy) is 3.